The smallest absolute Gasteiger partial charge is 0.307 e. The highest BCUT2D eigenvalue weighted by Crippen LogP contribution is 2.23. The molecule has 0 spiro atoms. The number of hydrogen-bond donors (Lipinski definition) is 2. The summed E-state index contributed by atoms with van der Waals surface area (Å²) in [5, 5.41) is 12.5. The lowest BCUT2D eigenvalue weighted by atomic mass is 10.1. The molecule has 0 saturated carbocycles. The topological polar surface area (TPSA) is 71.8 Å². The Bertz CT molecular complexity index is 1100. The van der Waals surface area contributed by atoms with Gasteiger partial charge in [-0.3, -0.25) is 5.32 Å². The van der Waals surface area contributed by atoms with E-state index in [0.29, 0.717) is 11.6 Å². The summed E-state index contributed by atoms with van der Waals surface area (Å²) in [6.45, 7) is 0.514. The van der Waals surface area contributed by atoms with Crippen LogP contribution in [-0.2, 0) is 6.54 Å². The van der Waals surface area contributed by atoms with Crippen LogP contribution < -0.4 is 10.6 Å². The highest BCUT2D eigenvalue weighted by atomic mass is 35.5. The quantitative estimate of drug-likeness (QED) is 0.537. The standard InChI is InChI=1S/C20H16ClN5O/c21-16-8-3-5-14(11-16)12-26-13-22-19(25-26)24-20(27)23-18-10-4-7-15-6-1-2-9-17(15)18/h1-11,13H,12H2,(H2,23,24,25,27). The Morgan fingerprint density at radius 2 is 1.81 bits per heavy atom. The highest BCUT2D eigenvalue weighted by Gasteiger charge is 2.09. The van der Waals surface area contributed by atoms with Gasteiger partial charge in [-0.25, -0.2) is 14.5 Å². The first-order valence-corrected chi connectivity index (χ1v) is 8.75. The van der Waals surface area contributed by atoms with Gasteiger partial charge in [-0.2, -0.15) is 0 Å². The molecule has 0 fully saturated rings. The zero-order chi connectivity index (χ0) is 18.6. The number of aromatic nitrogens is 3. The van der Waals surface area contributed by atoms with Crippen molar-refractivity contribution in [2.24, 2.45) is 0 Å². The Balaban J connectivity index is 1.43. The first-order valence-electron chi connectivity index (χ1n) is 8.37. The Kier molecular flexibility index (Phi) is 4.72. The average Bonchev–Trinajstić information content (AvgIpc) is 3.08. The third-order valence-electron chi connectivity index (χ3n) is 4.03. The van der Waals surface area contributed by atoms with Gasteiger partial charge < -0.3 is 5.32 Å². The number of benzene rings is 3. The van der Waals surface area contributed by atoms with Gasteiger partial charge in [0.15, 0.2) is 0 Å². The predicted molar refractivity (Wildman–Crippen MR) is 107 cm³/mol. The maximum atomic E-state index is 12.3. The van der Waals surface area contributed by atoms with Crippen LogP contribution in [0.15, 0.2) is 73.1 Å². The van der Waals surface area contributed by atoms with Crippen molar-refractivity contribution in [3.63, 3.8) is 0 Å². The summed E-state index contributed by atoms with van der Waals surface area (Å²) in [5.74, 6) is 0.231. The van der Waals surface area contributed by atoms with Crippen molar-refractivity contribution in [3.8, 4) is 0 Å². The fraction of sp³-hybridized carbons (Fsp3) is 0.0500. The Morgan fingerprint density at radius 3 is 2.70 bits per heavy atom. The van der Waals surface area contributed by atoms with Crippen LogP contribution in [-0.4, -0.2) is 20.8 Å². The molecule has 134 valence electrons. The minimum atomic E-state index is -0.396. The molecule has 1 aromatic heterocycles. The van der Waals surface area contributed by atoms with E-state index < -0.39 is 6.03 Å². The zero-order valence-electron chi connectivity index (χ0n) is 14.3. The van der Waals surface area contributed by atoms with E-state index in [1.165, 1.54) is 0 Å². The minimum absolute atomic E-state index is 0.231. The molecule has 0 aliphatic carbocycles. The molecule has 0 atom stereocenters. The van der Waals surface area contributed by atoms with Gasteiger partial charge in [0.25, 0.3) is 0 Å². The van der Waals surface area contributed by atoms with Crippen molar-refractivity contribution in [1.29, 1.82) is 0 Å². The van der Waals surface area contributed by atoms with Gasteiger partial charge in [0.1, 0.15) is 6.33 Å². The monoisotopic (exact) mass is 377 g/mol. The number of rotatable bonds is 4. The summed E-state index contributed by atoms with van der Waals surface area (Å²) in [5.41, 5.74) is 1.73. The van der Waals surface area contributed by atoms with Gasteiger partial charge in [0.2, 0.25) is 5.95 Å². The van der Waals surface area contributed by atoms with Crippen LogP contribution >= 0.6 is 11.6 Å². The van der Waals surface area contributed by atoms with E-state index in [1.807, 2.05) is 66.7 Å². The number of fused-ring (bicyclic) bond motifs is 1. The normalized spacial score (nSPS) is 10.7. The summed E-state index contributed by atoms with van der Waals surface area (Å²) >= 11 is 5.99. The molecule has 0 aliphatic rings. The molecule has 6 nitrogen and oxygen atoms in total. The number of anilines is 2. The van der Waals surface area contributed by atoms with Gasteiger partial charge >= 0.3 is 6.03 Å². The molecule has 1 heterocycles. The summed E-state index contributed by atoms with van der Waals surface area (Å²) < 4.78 is 1.64. The molecular formula is C20H16ClN5O. The van der Waals surface area contributed by atoms with E-state index in [0.717, 1.165) is 22.0 Å². The van der Waals surface area contributed by atoms with E-state index in [1.54, 1.807) is 11.0 Å². The minimum Gasteiger partial charge on any atom is -0.307 e. The third kappa shape index (κ3) is 4.07. The fourth-order valence-electron chi connectivity index (χ4n) is 2.84. The Hall–Kier alpha value is -3.38. The number of urea groups is 1. The van der Waals surface area contributed by atoms with Crippen molar-refractivity contribution in [3.05, 3.63) is 83.6 Å². The summed E-state index contributed by atoms with van der Waals surface area (Å²) in [4.78, 5) is 16.4. The lowest BCUT2D eigenvalue weighted by Crippen LogP contribution is -2.20. The Labute approximate surface area is 160 Å². The van der Waals surface area contributed by atoms with Crippen LogP contribution in [0.3, 0.4) is 0 Å². The summed E-state index contributed by atoms with van der Waals surface area (Å²) in [6, 6.07) is 20.7. The molecule has 2 amide bonds. The number of carbonyl (C=O) groups excluding carboxylic acids is 1. The molecule has 3 aromatic carbocycles. The van der Waals surface area contributed by atoms with Gasteiger partial charge in [0.05, 0.1) is 12.2 Å². The second-order valence-electron chi connectivity index (χ2n) is 6.00. The average molecular weight is 378 g/mol. The maximum Gasteiger partial charge on any atom is 0.326 e. The van der Waals surface area contributed by atoms with Crippen LogP contribution in [0.2, 0.25) is 5.02 Å². The lowest BCUT2D eigenvalue weighted by Gasteiger charge is -2.08. The van der Waals surface area contributed by atoms with Crippen LogP contribution in [0.25, 0.3) is 10.8 Å². The van der Waals surface area contributed by atoms with E-state index >= 15 is 0 Å². The number of nitrogens with zero attached hydrogens (tertiary/aromatic N) is 3. The molecule has 2 N–H and O–H groups in total. The molecule has 27 heavy (non-hydrogen) atoms. The first kappa shape index (κ1) is 17.1. The maximum absolute atomic E-state index is 12.3. The first-order chi connectivity index (χ1) is 13.2. The lowest BCUT2D eigenvalue weighted by molar-refractivity contribution is 0.262. The van der Waals surface area contributed by atoms with Crippen molar-refractivity contribution < 1.29 is 4.79 Å². The molecule has 0 unspecified atom stereocenters. The van der Waals surface area contributed by atoms with Crippen LogP contribution in [0, 0.1) is 0 Å². The molecule has 4 rings (SSSR count). The van der Waals surface area contributed by atoms with E-state index in [-0.39, 0.29) is 5.95 Å². The zero-order valence-corrected chi connectivity index (χ0v) is 15.0. The van der Waals surface area contributed by atoms with Crippen LogP contribution in [0.5, 0.6) is 0 Å². The third-order valence-corrected chi connectivity index (χ3v) is 4.27. The molecule has 0 bridgehead atoms. The summed E-state index contributed by atoms with van der Waals surface area (Å²) in [7, 11) is 0. The van der Waals surface area contributed by atoms with Crippen molar-refractivity contribution in [2.75, 3.05) is 10.6 Å². The van der Waals surface area contributed by atoms with E-state index in [2.05, 4.69) is 20.7 Å². The number of nitrogens with one attached hydrogen (secondary N) is 2. The summed E-state index contributed by atoms with van der Waals surface area (Å²) in [6.07, 6.45) is 1.56. The largest absolute Gasteiger partial charge is 0.326 e. The van der Waals surface area contributed by atoms with Crippen LogP contribution in [0.4, 0.5) is 16.4 Å². The number of amides is 2. The van der Waals surface area contributed by atoms with Gasteiger partial charge in [-0.05, 0) is 29.1 Å². The highest BCUT2D eigenvalue weighted by molar-refractivity contribution is 6.30. The van der Waals surface area contributed by atoms with Crippen molar-refractivity contribution in [1.82, 2.24) is 14.8 Å². The fourth-order valence-corrected chi connectivity index (χ4v) is 3.05. The van der Waals surface area contributed by atoms with Crippen molar-refractivity contribution in [2.45, 2.75) is 6.54 Å². The van der Waals surface area contributed by atoms with Gasteiger partial charge in [-0.15, -0.1) is 5.10 Å². The molecule has 0 saturated heterocycles. The molecular weight excluding hydrogens is 362 g/mol. The Morgan fingerprint density at radius 1 is 1.00 bits per heavy atom. The van der Waals surface area contributed by atoms with Gasteiger partial charge in [-0.1, -0.05) is 60.1 Å². The number of carbonyl (C=O) groups is 1. The second kappa shape index (κ2) is 7.47. The molecule has 7 heteroatoms. The SMILES string of the molecule is O=C(Nc1ncn(Cc2cccc(Cl)c2)n1)Nc1cccc2ccccc12. The van der Waals surface area contributed by atoms with Crippen LogP contribution in [0.1, 0.15) is 5.56 Å². The molecule has 0 radical (unpaired) electrons. The van der Waals surface area contributed by atoms with E-state index in [9.17, 15) is 4.79 Å². The molecule has 0 aliphatic heterocycles. The molecule has 4 aromatic rings. The van der Waals surface area contributed by atoms with Crippen molar-refractivity contribution >= 4 is 40.0 Å². The number of hydrogen-bond acceptors (Lipinski definition) is 3. The second-order valence-corrected chi connectivity index (χ2v) is 6.44. The predicted octanol–water partition coefficient (Wildman–Crippen LogP) is 4.78. The van der Waals surface area contributed by atoms with E-state index in [4.69, 9.17) is 11.6 Å². The van der Waals surface area contributed by atoms with Gasteiger partial charge in [0, 0.05) is 10.4 Å². The number of halogens is 1.